The normalized spacial score (nSPS) is 20.5. The van der Waals surface area contributed by atoms with Gasteiger partial charge in [0.05, 0.1) is 0 Å². The van der Waals surface area contributed by atoms with Gasteiger partial charge in [-0.3, -0.25) is 9.59 Å². The lowest BCUT2D eigenvalue weighted by Crippen LogP contribution is -2.23. The van der Waals surface area contributed by atoms with Crippen molar-refractivity contribution in [2.24, 2.45) is 0 Å². The van der Waals surface area contributed by atoms with Gasteiger partial charge in [-0.1, -0.05) is 73.5 Å². The summed E-state index contributed by atoms with van der Waals surface area (Å²) in [7, 11) is 0. The van der Waals surface area contributed by atoms with Crippen LogP contribution in [0.15, 0.2) is 84.2 Å². The Labute approximate surface area is 203 Å². The van der Waals surface area contributed by atoms with Crippen molar-refractivity contribution in [1.29, 1.82) is 0 Å². The third kappa shape index (κ3) is 7.18. The molecule has 0 aliphatic heterocycles. The number of benzene rings is 2. The highest BCUT2D eigenvalue weighted by atomic mass is 16.1. The van der Waals surface area contributed by atoms with Crippen LogP contribution in [0.25, 0.3) is 0 Å². The molecule has 2 N–H and O–H groups in total. The molecule has 0 saturated carbocycles. The first-order chi connectivity index (χ1) is 16.7. The van der Waals surface area contributed by atoms with Crippen LogP contribution in [0.2, 0.25) is 0 Å². The van der Waals surface area contributed by atoms with Crippen molar-refractivity contribution < 1.29 is 9.59 Å². The van der Waals surface area contributed by atoms with Gasteiger partial charge in [-0.2, -0.15) is 0 Å². The summed E-state index contributed by atoms with van der Waals surface area (Å²) in [6.07, 6.45) is 11.1. The van der Waals surface area contributed by atoms with E-state index >= 15 is 0 Å². The predicted octanol–water partition coefficient (Wildman–Crippen LogP) is 5.79. The molecule has 0 bridgehead atoms. The molecule has 0 heterocycles. The molecule has 2 aliphatic carbocycles. The second kappa shape index (κ2) is 12.4. The Balaban J connectivity index is 1.10. The fraction of sp³-hybridized carbons (Fsp3) is 0.400. The molecular weight excluding hydrogens is 420 g/mol. The van der Waals surface area contributed by atoms with Gasteiger partial charge >= 0.3 is 0 Å². The van der Waals surface area contributed by atoms with Gasteiger partial charge in [0, 0.05) is 49.5 Å². The van der Waals surface area contributed by atoms with Gasteiger partial charge in [-0.25, -0.2) is 0 Å². The standard InChI is InChI=1S/C30H36N2O2/c33-29-19-25(23-11-5-3-6-12-23)17-27(21-29)31-15-9-1-2-10-16-32-28-18-26(20-30(34)22-28)24-13-7-4-8-14-24/h3-8,11-14,21-22,25-26,31-32H,1-2,9-10,15-20H2/t25-,26-/m0/s1. The summed E-state index contributed by atoms with van der Waals surface area (Å²) >= 11 is 0. The molecule has 0 amide bonds. The minimum absolute atomic E-state index is 0.221. The molecule has 4 heteroatoms. The highest BCUT2D eigenvalue weighted by molar-refractivity contribution is 5.92. The van der Waals surface area contributed by atoms with Gasteiger partial charge in [0.25, 0.3) is 0 Å². The summed E-state index contributed by atoms with van der Waals surface area (Å²) in [6.45, 7) is 1.82. The molecule has 4 rings (SSSR count). The average Bonchev–Trinajstić information content (AvgIpc) is 2.86. The van der Waals surface area contributed by atoms with Crippen LogP contribution in [0, 0.1) is 0 Å². The molecular formula is C30H36N2O2. The lowest BCUT2D eigenvalue weighted by molar-refractivity contribution is -0.116. The first-order valence-corrected chi connectivity index (χ1v) is 12.7. The summed E-state index contributed by atoms with van der Waals surface area (Å²) in [5, 5.41) is 7.00. The monoisotopic (exact) mass is 456 g/mol. The topological polar surface area (TPSA) is 58.2 Å². The lowest BCUT2D eigenvalue weighted by atomic mass is 9.85. The van der Waals surface area contributed by atoms with E-state index in [0.717, 1.165) is 63.0 Å². The van der Waals surface area contributed by atoms with Crippen molar-refractivity contribution in [3.05, 3.63) is 95.3 Å². The number of ketones is 2. The Bertz CT molecular complexity index is 927. The minimum Gasteiger partial charge on any atom is -0.388 e. The molecule has 2 atom stereocenters. The number of unbranched alkanes of at least 4 members (excludes halogenated alkanes) is 3. The smallest absolute Gasteiger partial charge is 0.158 e. The summed E-state index contributed by atoms with van der Waals surface area (Å²) < 4.78 is 0. The van der Waals surface area contributed by atoms with E-state index in [9.17, 15) is 9.59 Å². The van der Waals surface area contributed by atoms with Crippen LogP contribution in [0.5, 0.6) is 0 Å². The molecule has 2 aliphatic rings. The number of nitrogens with one attached hydrogen (secondary N) is 2. The van der Waals surface area contributed by atoms with Crippen LogP contribution in [0.3, 0.4) is 0 Å². The number of carbonyl (C=O) groups is 2. The average molecular weight is 457 g/mol. The van der Waals surface area contributed by atoms with E-state index in [1.54, 1.807) is 12.2 Å². The fourth-order valence-corrected chi connectivity index (χ4v) is 5.05. The van der Waals surface area contributed by atoms with E-state index in [1.165, 1.54) is 11.1 Å². The van der Waals surface area contributed by atoms with Gasteiger partial charge < -0.3 is 10.6 Å². The Morgan fingerprint density at radius 3 is 1.38 bits per heavy atom. The Morgan fingerprint density at radius 2 is 0.971 bits per heavy atom. The summed E-state index contributed by atoms with van der Waals surface area (Å²) in [5.41, 5.74) is 4.66. The maximum Gasteiger partial charge on any atom is 0.158 e. The zero-order valence-corrected chi connectivity index (χ0v) is 20.0. The van der Waals surface area contributed by atoms with Crippen LogP contribution in [0.4, 0.5) is 0 Å². The molecule has 2 aromatic rings. The number of hydrogen-bond acceptors (Lipinski definition) is 4. The van der Waals surface area contributed by atoms with Crippen molar-refractivity contribution in [2.75, 3.05) is 13.1 Å². The Kier molecular flexibility index (Phi) is 8.72. The Morgan fingerprint density at radius 1 is 0.559 bits per heavy atom. The molecule has 34 heavy (non-hydrogen) atoms. The summed E-state index contributed by atoms with van der Waals surface area (Å²) in [5.74, 6) is 1.02. The third-order valence-corrected chi connectivity index (χ3v) is 6.85. The summed E-state index contributed by atoms with van der Waals surface area (Å²) in [6, 6.07) is 20.7. The largest absolute Gasteiger partial charge is 0.388 e. The second-order valence-corrected chi connectivity index (χ2v) is 9.57. The molecule has 0 radical (unpaired) electrons. The van der Waals surface area contributed by atoms with Crippen LogP contribution < -0.4 is 10.6 Å². The van der Waals surface area contributed by atoms with Crippen molar-refractivity contribution in [3.63, 3.8) is 0 Å². The van der Waals surface area contributed by atoms with E-state index in [0.29, 0.717) is 12.8 Å². The number of hydrogen-bond donors (Lipinski definition) is 2. The van der Waals surface area contributed by atoms with Gasteiger partial charge in [0.2, 0.25) is 0 Å². The predicted molar refractivity (Wildman–Crippen MR) is 137 cm³/mol. The van der Waals surface area contributed by atoms with Gasteiger partial charge in [0.1, 0.15) is 0 Å². The van der Waals surface area contributed by atoms with E-state index in [1.807, 2.05) is 36.4 Å². The highest BCUT2D eigenvalue weighted by Gasteiger charge is 2.22. The first kappa shape index (κ1) is 24.0. The summed E-state index contributed by atoms with van der Waals surface area (Å²) in [4.78, 5) is 24.3. The van der Waals surface area contributed by atoms with E-state index in [2.05, 4.69) is 34.9 Å². The number of carbonyl (C=O) groups excluding carboxylic acids is 2. The number of rotatable bonds is 11. The molecule has 178 valence electrons. The molecule has 2 aromatic carbocycles. The van der Waals surface area contributed by atoms with E-state index < -0.39 is 0 Å². The van der Waals surface area contributed by atoms with Crippen molar-refractivity contribution >= 4 is 11.6 Å². The van der Waals surface area contributed by atoms with E-state index in [-0.39, 0.29) is 23.4 Å². The fourth-order valence-electron chi connectivity index (χ4n) is 5.05. The molecule has 0 spiro atoms. The van der Waals surface area contributed by atoms with Crippen LogP contribution >= 0.6 is 0 Å². The molecule has 4 nitrogen and oxygen atoms in total. The molecule has 0 saturated heterocycles. The van der Waals surface area contributed by atoms with Crippen molar-refractivity contribution in [2.45, 2.75) is 63.2 Å². The molecule has 0 unspecified atom stereocenters. The maximum absolute atomic E-state index is 12.2. The quantitative estimate of drug-likeness (QED) is 0.420. The Hall–Kier alpha value is -3.14. The third-order valence-electron chi connectivity index (χ3n) is 6.85. The second-order valence-electron chi connectivity index (χ2n) is 9.57. The van der Waals surface area contributed by atoms with Crippen LogP contribution in [0.1, 0.15) is 74.3 Å². The van der Waals surface area contributed by atoms with Gasteiger partial charge in [0.15, 0.2) is 11.6 Å². The van der Waals surface area contributed by atoms with Crippen molar-refractivity contribution in [3.8, 4) is 0 Å². The van der Waals surface area contributed by atoms with Gasteiger partial charge in [-0.15, -0.1) is 0 Å². The van der Waals surface area contributed by atoms with Crippen molar-refractivity contribution in [1.82, 2.24) is 10.6 Å². The minimum atomic E-state index is 0.221. The lowest BCUT2D eigenvalue weighted by Gasteiger charge is -2.23. The zero-order chi connectivity index (χ0) is 23.6. The SMILES string of the molecule is O=C1C=C(NCCCCCCNC2=CC(=O)C[C@@H](c3ccccc3)C2)C[C@H](c2ccccc2)C1. The molecule has 0 fully saturated rings. The molecule has 0 aromatic heterocycles. The number of allylic oxidation sites excluding steroid dienone is 4. The zero-order valence-electron chi connectivity index (χ0n) is 20.0. The van der Waals surface area contributed by atoms with Crippen LogP contribution in [-0.4, -0.2) is 24.7 Å². The van der Waals surface area contributed by atoms with E-state index in [4.69, 9.17) is 0 Å². The van der Waals surface area contributed by atoms with Gasteiger partial charge in [-0.05, 0) is 48.6 Å². The maximum atomic E-state index is 12.2. The van der Waals surface area contributed by atoms with Crippen LogP contribution in [-0.2, 0) is 9.59 Å². The first-order valence-electron chi connectivity index (χ1n) is 12.7. The highest BCUT2D eigenvalue weighted by Crippen LogP contribution is 2.31.